The molecule has 0 amide bonds. The fourth-order valence-electron chi connectivity index (χ4n) is 3.69. The quantitative estimate of drug-likeness (QED) is 0.486. The van der Waals surface area contributed by atoms with E-state index < -0.39 is 0 Å². The smallest absolute Gasteiger partial charge is 0.402 e. The van der Waals surface area contributed by atoms with E-state index in [1.807, 2.05) is 6.07 Å². The zero-order valence-electron chi connectivity index (χ0n) is 14.8. The molecule has 1 aliphatic heterocycles. The molecule has 0 aromatic carbocycles. The molecule has 0 saturated heterocycles. The summed E-state index contributed by atoms with van der Waals surface area (Å²) < 4.78 is 8.30. The number of aryl methyl sites for hydroxylation is 3. The first-order chi connectivity index (χ1) is 11.5. The van der Waals surface area contributed by atoms with Crippen LogP contribution in [-0.2, 0) is 7.05 Å². The molecular weight excluding hydrogens is 297 g/mol. The van der Waals surface area contributed by atoms with E-state index in [-0.39, 0.29) is 6.85 Å². The van der Waals surface area contributed by atoms with Gasteiger partial charge >= 0.3 is 6.85 Å². The molecule has 5 heteroatoms. The second-order valence-electron chi connectivity index (χ2n) is 6.76. The zero-order valence-corrected chi connectivity index (χ0v) is 14.8. The van der Waals surface area contributed by atoms with Crippen molar-refractivity contribution < 1.29 is 8.98 Å². The second-order valence-corrected chi connectivity index (χ2v) is 6.76. The van der Waals surface area contributed by atoms with Crippen molar-refractivity contribution in [2.75, 3.05) is 7.05 Å². The Kier molecular flexibility index (Phi) is 3.27. The number of pyridine rings is 2. The van der Waals surface area contributed by atoms with E-state index in [0.29, 0.717) is 5.71 Å². The van der Waals surface area contributed by atoms with E-state index in [1.165, 1.54) is 22.2 Å². The number of fused-ring (bicyclic) bond motifs is 3. The molecule has 0 saturated carbocycles. The van der Waals surface area contributed by atoms with Crippen LogP contribution >= 0.6 is 0 Å². The Morgan fingerprint density at radius 2 is 2.00 bits per heavy atom. The van der Waals surface area contributed by atoms with Crippen molar-refractivity contribution in [2.45, 2.75) is 20.8 Å². The van der Waals surface area contributed by atoms with E-state index in [2.05, 4.69) is 73.8 Å². The molecule has 0 radical (unpaired) electrons. The van der Waals surface area contributed by atoms with E-state index >= 15 is 0 Å². The number of nitrogens with zero attached hydrogens (tertiary/aromatic N) is 3. The van der Waals surface area contributed by atoms with Crippen LogP contribution in [0, 0.1) is 13.8 Å². The normalized spacial score (nSPS) is 14.1. The maximum atomic E-state index is 6.08. The molecule has 0 spiro atoms. The molecule has 120 valence electrons. The number of rotatable bonds is 1. The van der Waals surface area contributed by atoms with Gasteiger partial charge in [-0.1, -0.05) is 0 Å². The third-order valence-corrected chi connectivity index (χ3v) is 5.07. The highest BCUT2D eigenvalue weighted by atomic mass is 16.3. The Hall–Kier alpha value is -2.56. The van der Waals surface area contributed by atoms with Crippen molar-refractivity contribution in [1.82, 2.24) is 9.79 Å². The van der Waals surface area contributed by atoms with Gasteiger partial charge in [-0.2, -0.15) is 0 Å². The van der Waals surface area contributed by atoms with E-state index in [4.69, 9.17) is 4.42 Å². The minimum absolute atomic E-state index is 0.155. The molecular formula is C19H21BN3O+. The van der Waals surface area contributed by atoms with Gasteiger partial charge in [0, 0.05) is 28.4 Å². The van der Waals surface area contributed by atoms with Crippen molar-refractivity contribution in [3.05, 3.63) is 52.4 Å². The van der Waals surface area contributed by atoms with Crippen LogP contribution in [0.15, 0.2) is 35.0 Å². The molecule has 1 aliphatic rings. The molecule has 0 N–H and O–H groups in total. The zero-order chi connectivity index (χ0) is 17.0. The Labute approximate surface area is 141 Å². The summed E-state index contributed by atoms with van der Waals surface area (Å²) in [5.41, 5.74) is 6.73. The molecule has 0 atom stereocenters. The molecule has 3 aromatic rings. The van der Waals surface area contributed by atoms with Crippen LogP contribution in [-0.4, -0.2) is 23.7 Å². The van der Waals surface area contributed by atoms with Gasteiger partial charge in [-0.25, -0.2) is 9.55 Å². The predicted octanol–water partition coefficient (Wildman–Crippen LogP) is 0.561. The number of aromatic nitrogens is 2. The third-order valence-electron chi connectivity index (χ3n) is 5.07. The fraction of sp³-hybridized carbons (Fsp3) is 0.263. The maximum absolute atomic E-state index is 6.08. The molecule has 0 unspecified atom stereocenters. The van der Waals surface area contributed by atoms with Crippen molar-refractivity contribution in [2.24, 2.45) is 7.05 Å². The Balaban J connectivity index is 2.01. The first-order valence-electron chi connectivity index (χ1n) is 8.22. The van der Waals surface area contributed by atoms with Gasteiger partial charge in [-0.3, -0.25) is 0 Å². The summed E-state index contributed by atoms with van der Waals surface area (Å²) in [4.78, 5) is 6.63. The summed E-state index contributed by atoms with van der Waals surface area (Å²) in [5, 5.41) is 2.20. The number of hydrogen-bond donors (Lipinski definition) is 0. The summed E-state index contributed by atoms with van der Waals surface area (Å²) in [7, 11) is 4.24. The van der Waals surface area contributed by atoms with Gasteiger partial charge in [0.1, 0.15) is 12.5 Å². The summed E-state index contributed by atoms with van der Waals surface area (Å²) in [6, 6.07) is 6.30. The van der Waals surface area contributed by atoms with Crippen LogP contribution in [0.25, 0.3) is 22.8 Å². The molecule has 24 heavy (non-hydrogen) atoms. The fourth-order valence-corrected chi connectivity index (χ4v) is 3.69. The largest absolute Gasteiger partial charge is 0.438 e. The predicted molar refractivity (Wildman–Crippen MR) is 97.0 cm³/mol. The van der Waals surface area contributed by atoms with Crippen molar-refractivity contribution >= 4 is 35.2 Å². The highest BCUT2D eigenvalue weighted by Gasteiger charge is 2.35. The Bertz CT molecular complexity index is 1080. The van der Waals surface area contributed by atoms with Gasteiger partial charge in [-0.15, -0.1) is 0 Å². The van der Waals surface area contributed by atoms with Gasteiger partial charge in [0.05, 0.1) is 0 Å². The maximum Gasteiger partial charge on any atom is 0.402 e. The van der Waals surface area contributed by atoms with Crippen LogP contribution < -0.4 is 20.8 Å². The van der Waals surface area contributed by atoms with Crippen LogP contribution in [0.2, 0.25) is 0 Å². The molecule has 3 aromatic heterocycles. The minimum atomic E-state index is 0.155. The lowest BCUT2D eigenvalue weighted by atomic mass is 9.50. The lowest BCUT2D eigenvalue weighted by molar-refractivity contribution is -0.654. The van der Waals surface area contributed by atoms with Gasteiger partial charge in [0.15, 0.2) is 11.8 Å². The highest BCUT2D eigenvalue weighted by Crippen LogP contribution is 2.12. The first kappa shape index (κ1) is 15.0. The van der Waals surface area contributed by atoms with Crippen molar-refractivity contribution in [3.8, 4) is 0 Å². The van der Waals surface area contributed by atoms with Crippen molar-refractivity contribution in [1.29, 1.82) is 0 Å². The SMILES string of the molecule is CC1=c2oc3ncccc3c2=CN(C)B1c1cc(C)c(C)c[n+]1C. The summed E-state index contributed by atoms with van der Waals surface area (Å²) in [6.07, 6.45) is 6.15. The van der Waals surface area contributed by atoms with Crippen LogP contribution in [0.5, 0.6) is 0 Å². The van der Waals surface area contributed by atoms with Gasteiger partial charge < -0.3 is 9.23 Å². The average Bonchev–Trinajstić information content (AvgIpc) is 2.91. The lowest BCUT2D eigenvalue weighted by Gasteiger charge is -2.24. The summed E-state index contributed by atoms with van der Waals surface area (Å²) in [5.74, 6) is 0. The molecule has 0 fully saturated rings. The van der Waals surface area contributed by atoms with Gasteiger partial charge in [-0.05, 0) is 57.2 Å². The standard InChI is InChI=1S/C19H21BN3O/c1-12-9-17(22(4)10-13(12)2)20-14(3)18-16(11-23(20)5)15-7-6-8-21-19(15)24-18/h6-11H,1-5H3/q+1. The van der Waals surface area contributed by atoms with E-state index in [0.717, 1.165) is 16.0 Å². The molecule has 4 nitrogen and oxygen atoms in total. The Morgan fingerprint density at radius 1 is 1.21 bits per heavy atom. The molecule has 0 bridgehead atoms. The van der Waals surface area contributed by atoms with Crippen LogP contribution in [0.1, 0.15) is 18.1 Å². The van der Waals surface area contributed by atoms with Gasteiger partial charge in [0.25, 0.3) is 0 Å². The van der Waals surface area contributed by atoms with E-state index in [9.17, 15) is 0 Å². The topological polar surface area (TPSA) is 33.2 Å². The van der Waals surface area contributed by atoms with E-state index in [1.54, 1.807) is 6.20 Å². The second kappa shape index (κ2) is 5.23. The monoisotopic (exact) mass is 318 g/mol. The van der Waals surface area contributed by atoms with Gasteiger partial charge in [0.2, 0.25) is 5.71 Å². The molecule has 4 rings (SSSR count). The number of furan rings is 1. The summed E-state index contributed by atoms with van der Waals surface area (Å²) in [6.45, 7) is 6.62. The first-order valence-corrected chi connectivity index (χ1v) is 8.22. The van der Waals surface area contributed by atoms with Crippen molar-refractivity contribution in [3.63, 3.8) is 0 Å². The van der Waals surface area contributed by atoms with Crippen LogP contribution in [0.3, 0.4) is 0 Å². The van der Waals surface area contributed by atoms with Crippen LogP contribution in [0.4, 0.5) is 0 Å². The number of hydrogen-bond acceptors (Lipinski definition) is 3. The third kappa shape index (κ3) is 2.08. The Morgan fingerprint density at radius 3 is 2.79 bits per heavy atom. The minimum Gasteiger partial charge on any atom is -0.438 e. The lowest BCUT2D eigenvalue weighted by Crippen LogP contribution is -2.62. The highest BCUT2D eigenvalue weighted by molar-refractivity contribution is 6.85. The molecule has 0 aliphatic carbocycles. The summed E-state index contributed by atoms with van der Waals surface area (Å²) >= 11 is 0. The average molecular weight is 318 g/mol. The molecule has 4 heterocycles.